The van der Waals surface area contributed by atoms with Gasteiger partial charge in [0.15, 0.2) is 0 Å². The van der Waals surface area contributed by atoms with Crippen molar-refractivity contribution in [2.75, 3.05) is 5.32 Å². The number of carboxylic acid groups (broad SMARTS) is 1. The van der Waals surface area contributed by atoms with Crippen LogP contribution in [0.25, 0.3) is 0 Å². The Balaban J connectivity index is 1.99. The first-order chi connectivity index (χ1) is 9.15. The predicted octanol–water partition coefficient (Wildman–Crippen LogP) is 1.88. The molecule has 3 rings (SSSR count). The van der Waals surface area contributed by atoms with E-state index in [9.17, 15) is 9.90 Å². The van der Waals surface area contributed by atoms with Crippen molar-refractivity contribution in [3.8, 4) is 0 Å². The van der Waals surface area contributed by atoms with Gasteiger partial charge in [-0.1, -0.05) is 12.2 Å². The highest BCUT2D eigenvalue weighted by Crippen LogP contribution is 2.35. The molecule has 19 heavy (non-hydrogen) atoms. The van der Waals surface area contributed by atoms with E-state index < -0.39 is 5.97 Å². The molecule has 1 aromatic heterocycles. The van der Waals surface area contributed by atoms with Crippen molar-refractivity contribution in [3.05, 3.63) is 29.7 Å². The topological polar surface area (TPSA) is 80.0 Å². The summed E-state index contributed by atoms with van der Waals surface area (Å²) in [4.78, 5) is 15.4. The van der Waals surface area contributed by atoms with Gasteiger partial charge in [0.05, 0.1) is 6.04 Å². The van der Waals surface area contributed by atoms with Crippen LogP contribution >= 0.6 is 0 Å². The SMILES string of the molecule is Cc1nc2n(n1)[C@H]([C@H]1CC=CCC1)C=C(C(=O)O)N2. The second-order valence-corrected chi connectivity index (χ2v) is 4.97. The molecule has 100 valence electrons. The third-order valence-corrected chi connectivity index (χ3v) is 3.63. The van der Waals surface area contributed by atoms with E-state index >= 15 is 0 Å². The molecule has 1 aliphatic carbocycles. The third-order valence-electron chi connectivity index (χ3n) is 3.63. The van der Waals surface area contributed by atoms with E-state index in [0.717, 1.165) is 19.3 Å². The van der Waals surface area contributed by atoms with Crippen LogP contribution in [-0.4, -0.2) is 25.8 Å². The van der Waals surface area contributed by atoms with Crippen LogP contribution < -0.4 is 5.32 Å². The molecule has 0 unspecified atom stereocenters. The number of hydrogen-bond donors (Lipinski definition) is 2. The van der Waals surface area contributed by atoms with Crippen LogP contribution in [0.5, 0.6) is 0 Å². The zero-order valence-corrected chi connectivity index (χ0v) is 10.7. The number of nitrogens with zero attached hydrogens (tertiary/aromatic N) is 3. The lowest BCUT2D eigenvalue weighted by molar-refractivity contribution is -0.132. The first kappa shape index (κ1) is 12.0. The van der Waals surface area contributed by atoms with E-state index in [1.807, 2.05) is 11.6 Å². The Morgan fingerprint density at radius 2 is 2.37 bits per heavy atom. The first-order valence-corrected chi connectivity index (χ1v) is 6.45. The van der Waals surface area contributed by atoms with E-state index in [4.69, 9.17) is 0 Å². The summed E-state index contributed by atoms with van der Waals surface area (Å²) >= 11 is 0. The van der Waals surface area contributed by atoms with Gasteiger partial charge in [-0.2, -0.15) is 10.1 Å². The number of aromatic nitrogens is 3. The number of rotatable bonds is 2. The monoisotopic (exact) mass is 260 g/mol. The van der Waals surface area contributed by atoms with E-state index in [-0.39, 0.29) is 11.7 Å². The summed E-state index contributed by atoms with van der Waals surface area (Å²) in [6.45, 7) is 1.81. The number of carbonyl (C=O) groups is 1. The molecule has 0 amide bonds. The Morgan fingerprint density at radius 3 is 3.05 bits per heavy atom. The number of fused-ring (bicyclic) bond motifs is 1. The molecule has 0 aromatic carbocycles. The molecule has 0 saturated carbocycles. The van der Waals surface area contributed by atoms with Crippen molar-refractivity contribution in [2.24, 2.45) is 5.92 Å². The van der Waals surface area contributed by atoms with Gasteiger partial charge in [0.25, 0.3) is 0 Å². The van der Waals surface area contributed by atoms with Crippen LogP contribution in [0.3, 0.4) is 0 Å². The summed E-state index contributed by atoms with van der Waals surface area (Å²) < 4.78 is 1.81. The van der Waals surface area contributed by atoms with E-state index in [0.29, 0.717) is 17.7 Å². The van der Waals surface area contributed by atoms with Gasteiger partial charge in [0, 0.05) is 0 Å². The average Bonchev–Trinajstić information content (AvgIpc) is 2.78. The van der Waals surface area contributed by atoms with Gasteiger partial charge < -0.3 is 10.4 Å². The molecular weight excluding hydrogens is 244 g/mol. The van der Waals surface area contributed by atoms with Crippen molar-refractivity contribution in [1.82, 2.24) is 14.8 Å². The molecule has 2 heterocycles. The summed E-state index contributed by atoms with van der Waals surface area (Å²) in [5.74, 6) is 0.598. The zero-order chi connectivity index (χ0) is 13.4. The lowest BCUT2D eigenvalue weighted by Gasteiger charge is -2.29. The van der Waals surface area contributed by atoms with Crippen molar-refractivity contribution in [2.45, 2.75) is 32.2 Å². The summed E-state index contributed by atoms with van der Waals surface area (Å²) in [5.41, 5.74) is 0.194. The fourth-order valence-electron chi connectivity index (χ4n) is 2.71. The molecule has 2 atom stereocenters. The Kier molecular flexibility index (Phi) is 2.85. The lowest BCUT2D eigenvalue weighted by Crippen LogP contribution is -2.28. The Bertz CT molecular complexity index is 573. The van der Waals surface area contributed by atoms with E-state index in [2.05, 4.69) is 27.6 Å². The second-order valence-electron chi connectivity index (χ2n) is 4.97. The van der Waals surface area contributed by atoms with Crippen LogP contribution in [0.1, 0.15) is 31.1 Å². The van der Waals surface area contributed by atoms with E-state index in [1.165, 1.54) is 0 Å². The lowest BCUT2D eigenvalue weighted by atomic mass is 9.87. The zero-order valence-electron chi connectivity index (χ0n) is 10.7. The summed E-state index contributed by atoms with van der Waals surface area (Å²) in [7, 11) is 0. The molecule has 1 aliphatic heterocycles. The Morgan fingerprint density at radius 1 is 1.53 bits per heavy atom. The molecule has 0 bridgehead atoms. The maximum absolute atomic E-state index is 11.2. The standard InChI is InChI=1S/C13H16N4O2/c1-8-14-13-15-10(12(18)19)7-11(17(13)16-8)9-5-3-2-4-6-9/h2-3,7,9,11H,4-6H2,1H3,(H,18,19)(H,14,15,16)/t9-,11-/m0/s1. The van der Waals surface area contributed by atoms with Crippen molar-refractivity contribution < 1.29 is 9.90 Å². The minimum absolute atomic E-state index is 0.0338. The van der Waals surface area contributed by atoms with Crippen LogP contribution in [-0.2, 0) is 4.79 Å². The minimum Gasteiger partial charge on any atom is -0.477 e. The molecule has 6 heteroatoms. The highest BCUT2D eigenvalue weighted by atomic mass is 16.4. The first-order valence-electron chi connectivity index (χ1n) is 6.45. The van der Waals surface area contributed by atoms with Crippen LogP contribution in [0.2, 0.25) is 0 Å². The van der Waals surface area contributed by atoms with Crippen LogP contribution in [0, 0.1) is 12.8 Å². The smallest absolute Gasteiger partial charge is 0.352 e. The van der Waals surface area contributed by atoms with Crippen molar-refractivity contribution in [3.63, 3.8) is 0 Å². The van der Waals surface area contributed by atoms with Crippen LogP contribution in [0.15, 0.2) is 23.9 Å². The largest absolute Gasteiger partial charge is 0.477 e. The number of aliphatic carboxylic acids is 1. The maximum Gasteiger partial charge on any atom is 0.352 e. The van der Waals surface area contributed by atoms with Gasteiger partial charge in [0.1, 0.15) is 11.5 Å². The fourth-order valence-corrected chi connectivity index (χ4v) is 2.71. The number of carboxylic acids is 1. The van der Waals surface area contributed by atoms with E-state index in [1.54, 1.807) is 6.08 Å². The normalized spacial score (nSPS) is 25.4. The minimum atomic E-state index is -0.955. The number of nitrogens with one attached hydrogen (secondary N) is 1. The highest BCUT2D eigenvalue weighted by Gasteiger charge is 2.30. The average molecular weight is 260 g/mol. The summed E-state index contributed by atoms with van der Waals surface area (Å²) in [6.07, 6.45) is 9.12. The molecule has 0 spiro atoms. The molecule has 2 N–H and O–H groups in total. The van der Waals surface area contributed by atoms with Gasteiger partial charge in [0.2, 0.25) is 5.95 Å². The predicted molar refractivity (Wildman–Crippen MR) is 69.6 cm³/mol. The van der Waals surface area contributed by atoms with Gasteiger partial charge in [-0.25, -0.2) is 9.48 Å². The second kappa shape index (κ2) is 4.53. The molecular formula is C13H16N4O2. The van der Waals surface area contributed by atoms with Crippen molar-refractivity contribution >= 4 is 11.9 Å². The molecule has 2 aliphatic rings. The quantitative estimate of drug-likeness (QED) is 0.793. The Labute approximate surface area is 110 Å². The molecule has 6 nitrogen and oxygen atoms in total. The van der Waals surface area contributed by atoms with Gasteiger partial charge in [-0.05, 0) is 38.2 Å². The maximum atomic E-state index is 11.2. The summed E-state index contributed by atoms with van der Waals surface area (Å²) in [5, 5.41) is 16.4. The third kappa shape index (κ3) is 2.14. The van der Waals surface area contributed by atoms with Gasteiger partial charge in [-0.3, -0.25) is 0 Å². The number of hydrogen-bond acceptors (Lipinski definition) is 4. The molecule has 1 aromatic rings. The number of anilines is 1. The number of aryl methyl sites for hydroxylation is 1. The van der Waals surface area contributed by atoms with Gasteiger partial charge in [-0.15, -0.1) is 0 Å². The fraction of sp³-hybridized carbons (Fsp3) is 0.462. The van der Waals surface area contributed by atoms with Crippen molar-refractivity contribution in [1.29, 1.82) is 0 Å². The highest BCUT2D eigenvalue weighted by molar-refractivity contribution is 5.90. The number of allylic oxidation sites excluding steroid dienone is 3. The molecule has 0 fully saturated rings. The summed E-state index contributed by atoms with van der Waals surface area (Å²) in [6, 6.07) is -0.0338. The molecule has 0 saturated heterocycles. The Hall–Kier alpha value is -2.11. The molecule has 0 radical (unpaired) electrons. The van der Waals surface area contributed by atoms with Gasteiger partial charge >= 0.3 is 5.97 Å². The van der Waals surface area contributed by atoms with Crippen LogP contribution in [0.4, 0.5) is 5.95 Å².